The number of nitrogens with zero attached hydrogens (tertiary/aromatic N) is 4. The number of aromatic nitrogens is 3. The van der Waals surface area contributed by atoms with Crippen LogP contribution in [-0.2, 0) is 11.2 Å². The fourth-order valence-electron chi connectivity index (χ4n) is 5.40. The molecule has 0 radical (unpaired) electrons. The maximum Gasteiger partial charge on any atom is 0.410 e. The number of piperidine rings is 1. The van der Waals surface area contributed by atoms with E-state index in [-0.39, 0.29) is 18.6 Å². The van der Waals surface area contributed by atoms with Gasteiger partial charge in [0.2, 0.25) is 11.8 Å². The quantitative estimate of drug-likeness (QED) is 0.203. The summed E-state index contributed by atoms with van der Waals surface area (Å²) in [4.78, 5) is 28.1. The van der Waals surface area contributed by atoms with Crippen molar-refractivity contribution in [2.24, 2.45) is 0 Å². The number of ether oxygens (including phenoxy) is 2. The number of nitrogens with one attached hydrogen (secondary N) is 1. The predicted octanol–water partition coefficient (Wildman–Crippen LogP) is 7.16. The van der Waals surface area contributed by atoms with Gasteiger partial charge in [-0.05, 0) is 88.1 Å². The molecular formula is C34H39F2N5O4. The molecular weight excluding hydrogens is 580 g/mol. The molecule has 1 fully saturated rings. The molecule has 9 nitrogen and oxygen atoms in total. The van der Waals surface area contributed by atoms with Gasteiger partial charge in [0.25, 0.3) is 6.43 Å². The number of hydrogen-bond donors (Lipinski definition) is 2. The summed E-state index contributed by atoms with van der Waals surface area (Å²) in [6.07, 6.45) is 0.463. The van der Waals surface area contributed by atoms with Gasteiger partial charge in [0, 0.05) is 36.9 Å². The molecule has 1 aliphatic heterocycles. The van der Waals surface area contributed by atoms with E-state index in [1.807, 2.05) is 64.1 Å². The monoisotopic (exact) mass is 619 g/mol. The molecule has 1 aliphatic rings. The number of fused-ring (bicyclic) bond motifs is 1. The summed E-state index contributed by atoms with van der Waals surface area (Å²) in [5, 5.41) is 14.7. The lowest BCUT2D eigenvalue weighted by Crippen LogP contribution is -2.47. The third-order valence-electron chi connectivity index (χ3n) is 7.61. The fourth-order valence-corrected chi connectivity index (χ4v) is 5.40. The van der Waals surface area contributed by atoms with Crippen LogP contribution in [0.1, 0.15) is 51.2 Å². The Morgan fingerprint density at radius 3 is 2.69 bits per heavy atom. The molecule has 2 aromatic carbocycles. The topological polar surface area (TPSA) is 110 Å². The highest BCUT2D eigenvalue weighted by Crippen LogP contribution is 2.38. The average molecular weight is 620 g/mol. The predicted molar refractivity (Wildman–Crippen MR) is 169 cm³/mol. The molecule has 0 saturated carbocycles. The number of halogens is 2. The molecule has 0 unspecified atom stereocenters. The lowest BCUT2D eigenvalue weighted by Gasteiger charge is -2.34. The highest BCUT2D eigenvalue weighted by molar-refractivity contribution is 5.92. The van der Waals surface area contributed by atoms with Gasteiger partial charge in [0.05, 0.1) is 11.3 Å². The minimum absolute atomic E-state index is 0.0412. The van der Waals surface area contributed by atoms with Gasteiger partial charge in [0.1, 0.15) is 17.5 Å². The van der Waals surface area contributed by atoms with Crippen molar-refractivity contribution in [3.05, 3.63) is 72.1 Å². The lowest BCUT2D eigenvalue weighted by atomic mass is 9.97. The molecule has 2 aromatic heterocycles. The largest absolute Gasteiger partial charge is 0.444 e. The Balaban J connectivity index is 1.37. The first-order valence-electron chi connectivity index (χ1n) is 15.2. The van der Waals surface area contributed by atoms with Crippen LogP contribution in [0.5, 0.6) is 11.6 Å². The number of pyridine rings is 1. The molecule has 4 aromatic rings. The average Bonchev–Trinajstić information content (AvgIpc) is 3.00. The van der Waals surface area contributed by atoms with Gasteiger partial charge in [-0.15, -0.1) is 0 Å². The Morgan fingerprint density at radius 2 is 1.91 bits per heavy atom. The SMILES string of the molecule is Cc1ccc2c(CC[C@@H](O)C(F)F)cccc2c1Oc1ncccc1-c1ccnc(N[C@H]2CCCN(C(=O)OC(C)(C)C)C2)n1. The van der Waals surface area contributed by atoms with Crippen molar-refractivity contribution in [1.29, 1.82) is 0 Å². The van der Waals surface area contributed by atoms with Crippen molar-refractivity contribution >= 4 is 22.8 Å². The number of alkyl halides is 2. The molecule has 238 valence electrons. The molecule has 45 heavy (non-hydrogen) atoms. The zero-order valence-corrected chi connectivity index (χ0v) is 26.0. The fraction of sp³-hybridized carbons (Fsp3) is 0.412. The minimum Gasteiger partial charge on any atom is -0.444 e. The van der Waals surface area contributed by atoms with Gasteiger partial charge >= 0.3 is 6.09 Å². The second kappa shape index (κ2) is 13.7. The maximum atomic E-state index is 12.9. The van der Waals surface area contributed by atoms with Crippen molar-refractivity contribution < 1.29 is 28.2 Å². The van der Waals surface area contributed by atoms with Crippen molar-refractivity contribution in [2.75, 3.05) is 18.4 Å². The molecule has 2 N–H and O–H groups in total. The van der Waals surface area contributed by atoms with Crippen LogP contribution >= 0.6 is 0 Å². The zero-order chi connectivity index (χ0) is 32.1. The number of aryl methyl sites for hydroxylation is 2. The molecule has 1 saturated heterocycles. The molecule has 1 amide bonds. The number of rotatable bonds is 9. The third-order valence-corrected chi connectivity index (χ3v) is 7.61. The Bertz CT molecular complexity index is 1640. The van der Waals surface area contributed by atoms with Crippen LogP contribution in [0.2, 0.25) is 0 Å². The van der Waals surface area contributed by atoms with Crippen LogP contribution in [0.3, 0.4) is 0 Å². The van der Waals surface area contributed by atoms with Crippen molar-refractivity contribution in [2.45, 2.75) is 77.6 Å². The molecule has 3 heterocycles. The van der Waals surface area contributed by atoms with E-state index in [9.17, 15) is 18.7 Å². The van der Waals surface area contributed by atoms with Crippen LogP contribution in [-0.4, -0.2) is 68.3 Å². The third kappa shape index (κ3) is 8.02. The van der Waals surface area contributed by atoms with E-state index < -0.39 is 18.1 Å². The lowest BCUT2D eigenvalue weighted by molar-refractivity contribution is -0.00845. The van der Waals surface area contributed by atoms with E-state index in [0.29, 0.717) is 48.3 Å². The minimum atomic E-state index is -2.78. The highest BCUT2D eigenvalue weighted by atomic mass is 19.3. The number of aliphatic hydroxyl groups excluding tert-OH is 1. The molecule has 11 heteroatoms. The number of likely N-dealkylation sites (tertiary alicyclic amines) is 1. The molecule has 5 rings (SSSR count). The normalized spacial score (nSPS) is 16.1. The maximum absolute atomic E-state index is 12.9. The first-order chi connectivity index (χ1) is 21.5. The summed E-state index contributed by atoms with van der Waals surface area (Å²) < 4.78 is 37.9. The van der Waals surface area contributed by atoms with Crippen LogP contribution in [0.4, 0.5) is 19.5 Å². The number of amides is 1. The first-order valence-corrected chi connectivity index (χ1v) is 15.2. The summed E-state index contributed by atoms with van der Waals surface area (Å²) in [6.45, 7) is 8.61. The van der Waals surface area contributed by atoms with Gasteiger partial charge in [0.15, 0.2) is 0 Å². The molecule has 0 aliphatic carbocycles. The van der Waals surface area contributed by atoms with Crippen molar-refractivity contribution in [3.63, 3.8) is 0 Å². The Kier molecular flexibility index (Phi) is 9.77. The van der Waals surface area contributed by atoms with Crippen molar-refractivity contribution in [1.82, 2.24) is 19.9 Å². The van der Waals surface area contributed by atoms with Crippen LogP contribution < -0.4 is 10.1 Å². The number of aliphatic hydroxyl groups is 1. The van der Waals surface area contributed by atoms with Crippen LogP contribution in [0.25, 0.3) is 22.0 Å². The van der Waals surface area contributed by atoms with E-state index in [1.165, 1.54) is 0 Å². The van der Waals surface area contributed by atoms with Crippen molar-refractivity contribution in [3.8, 4) is 22.9 Å². The van der Waals surface area contributed by atoms with Crippen LogP contribution in [0, 0.1) is 6.92 Å². The van der Waals surface area contributed by atoms with Gasteiger partial charge in [-0.3, -0.25) is 0 Å². The molecule has 0 spiro atoms. The number of anilines is 1. The van der Waals surface area contributed by atoms with E-state index in [2.05, 4.69) is 15.3 Å². The summed E-state index contributed by atoms with van der Waals surface area (Å²) in [5.74, 6) is 1.38. The van der Waals surface area contributed by atoms with Gasteiger partial charge in [-0.2, -0.15) is 0 Å². The van der Waals surface area contributed by atoms with E-state index >= 15 is 0 Å². The Labute approximate surface area is 261 Å². The van der Waals surface area contributed by atoms with Gasteiger partial charge in [-0.1, -0.05) is 30.3 Å². The first kappa shape index (κ1) is 32.0. The smallest absolute Gasteiger partial charge is 0.410 e. The second-order valence-corrected chi connectivity index (χ2v) is 12.3. The summed E-state index contributed by atoms with van der Waals surface area (Å²) >= 11 is 0. The number of carbonyl (C=O) groups excluding carboxylic acids is 1. The van der Waals surface area contributed by atoms with E-state index in [4.69, 9.17) is 14.5 Å². The standard InChI is InChI=1S/C34H39F2N5O4/c1-21-12-14-24-22(13-15-28(42)30(35)36)8-5-10-25(24)29(21)44-31-26(11-6-17-37-31)27-16-18-38-32(40-27)39-23-9-7-19-41(20-23)33(43)45-34(2,3)4/h5-6,8,10-12,14,16-18,23,28,30,42H,7,9,13,15,19-20H2,1-4H3,(H,38,39,40)/t23-,28+/m0/s1. The number of benzene rings is 2. The van der Waals surface area contributed by atoms with E-state index in [1.54, 1.807) is 29.4 Å². The number of hydrogen-bond acceptors (Lipinski definition) is 8. The van der Waals surface area contributed by atoms with Crippen LogP contribution in [0.15, 0.2) is 60.9 Å². The van der Waals surface area contributed by atoms with Gasteiger partial charge in [-0.25, -0.2) is 28.5 Å². The zero-order valence-electron chi connectivity index (χ0n) is 26.0. The number of carbonyl (C=O) groups is 1. The second-order valence-electron chi connectivity index (χ2n) is 12.3. The van der Waals surface area contributed by atoms with E-state index in [0.717, 1.165) is 34.7 Å². The molecule has 0 bridgehead atoms. The Morgan fingerprint density at radius 1 is 1.09 bits per heavy atom. The highest BCUT2D eigenvalue weighted by Gasteiger charge is 2.28. The summed E-state index contributed by atoms with van der Waals surface area (Å²) in [7, 11) is 0. The summed E-state index contributed by atoms with van der Waals surface area (Å²) in [5.41, 5.74) is 2.42. The molecule has 2 atom stereocenters. The summed E-state index contributed by atoms with van der Waals surface area (Å²) in [6, 6.07) is 14.9. The van der Waals surface area contributed by atoms with Gasteiger partial charge < -0.3 is 24.8 Å². The Hall–Kier alpha value is -4.38.